The summed E-state index contributed by atoms with van der Waals surface area (Å²) in [6, 6.07) is 7.67. The van der Waals surface area contributed by atoms with Gasteiger partial charge in [-0.3, -0.25) is 10.2 Å². The summed E-state index contributed by atoms with van der Waals surface area (Å²) in [5, 5.41) is 12.2. The molecule has 0 saturated carbocycles. The van der Waals surface area contributed by atoms with E-state index in [9.17, 15) is 10.1 Å². The summed E-state index contributed by atoms with van der Waals surface area (Å²) in [5.74, 6) is 0.852. The summed E-state index contributed by atoms with van der Waals surface area (Å²) in [6.07, 6.45) is 3.43. The Balaban J connectivity index is 1.78. The van der Waals surface area contributed by atoms with Gasteiger partial charge in [0.05, 0.1) is 17.9 Å². The first-order chi connectivity index (χ1) is 13.5. The summed E-state index contributed by atoms with van der Waals surface area (Å²) < 4.78 is 5.72. The molecule has 1 aromatic heterocycles. The minimum atomic E-state index is -0.111. The van der Waals surface area contributed by atoms with Crippen LogP contribution in [0, 0.1) is 24.2 Å². The minimum absolute atomic E-state index is 0.111. The van der Waals surface area contributed by atoms with E-state index in [1.165, 1.54) is 17.8 Å². The van der Waals surface area contributed by atoms with Gasteiger partial charge in [0.15, 0.2) is 0 Å². The van der Waals surface area contributed by atoms with Crippen LogP contribution in [0.1, 0.15) is 54.0 Å². The number of carbonyl (C=O) groups is 1. The highest BCUT2D eigenvalue weighted by Crippen LogP contribution is 2.31. The standard InChI is InChI=1S/C21H26N4O2S/c1-14(2)13-27-18-8-7-16(11-17(18)12-22)21-23-15(3)19(28-21)20(26)24-25-9-5-4-6-10-25/h7-8,11,14H,4-6,9-10,13H2,1-3H3,(H,24,26). The largest absolute Gasteiger partial charge is 0.492 e. The maximum atomic E-state index is 12.6. The molecule has 1 aliphatic rings. The van der Waals surface area contributed by atoms with Gasteiger partial charge in [-0.2, -0.15) is 5.26 Å². The third kappa shape index (κ3) is 4.89. The van der Waals surface area contributed by atoms with Crippen molar-refractivity contribution >= 4 is 17.2 Å². The first kappa shape index (κ1) is 20.3. The van der Waals surface area contributed by atoms with Crippen LogP contribution in [0.4, 0.5) is 0 Å². The minimum Gasteiger partial charge on any atom is -0.492 e. The zero-order valence-electron chi connectivity index (χ0n) is 16.6. The molecule has 0 unspecified atom stereocenters. The number of benzene rings is 1. The molecule has 1 saturated heterocycles. The summed E-state index contributed by atoms with van der Waals surface area (Å²) >= 11 is 1.35. The predicted octanol–water partition coefficient (Wildman–Crippen LogP) is 4.16. The Bertz CT molecular complexity index is 879. The van der Waals surface area contributed by atoms with Crippen LogP contribution in [0.3, 0.4) is 0 Å². The lowest BCUT2D eigenvalue weighted by atomic mass is 10.1. The van der Waals surface area contributed by atoms with E-state index in [2.05, 4.69) is 30.3 Å². The number of amides is 1. The molecule has 2 heterocycles. The van der Waals surface area contributed by atoms with E-state index in [0.717, 1.165) is 36.5 Å². The molecule has 0 spiro atoms. The molecule has 0 atom stereocenters. The SMILES string of the molecule is Cc1nc(-c2ccc(OCC(C)C)c(C#N)c2)sc1C(=O)NN1CCCCC1. The fraction of sp³-hybridized carbons (Fsp3) is 0.476. The van der Waals surface area contributed by atoms with Crippen LogP contribution in [-0.4, -0.2) is 35.6 Å². The van der Waals surface area contributed by atoms with E-state index in [0.29, 0.717) is 34.4 Å². The Morgan fingerprint density at radius 2 is 2.11 bits per heavy atom. The fourth-order valence-electron chi connectivity index (χ4n) is 3.06. The zero-order chi connectivity index (χ0) is 20.1. The Kier molecular flexibility index (Phi) is 6.65. The van der Waals surface area contributed by atoms with Crippen LogP contribution in [0.2, 0.25) is 0 Å². The van der Waals surface area contributed by atoms with Crippen molar-refractivity contribution in [2.24, 2.45) is 5.92 Å². The molecule has 0 bridgehead atoms. The average molecular weight is 399 g/mol. The molecule has 28 heavy (non-hydrogen) atoms. The van der Waals surface area contributed by atoms with Crippen molar-refractivity contribution in [1.29, 1.82) is 5.26 Å². The van der Waals surface area contributed by atoms with E-state index >= 15 is 0 Å². The van der Waals surface area contributed by atoms with Crippen LogP contribution in [0.15, 0.2) is 18.2 Å². The molecule has 6 nitrogen and oxygen atoms in total. The highest BCUT2D eigenvalue weighted by molar-refractivity contribution is 7.17. The summed E-state index contributed by atoms with van der Waals surface area (Å²) in [4.78, 5) is 17.8. The number of nitrogens with zero attached hydrogens (tertiary/aromatic N) is 3. The van der Waals surface area contributed by atoms with Crippen LogP contribution in [0.25, 0.3) is 10.6 Å². The van der Waals surface area contributed by atoms with E-state index in [-0.39, 0.29) is 5.91 Å². The van der Waals surface area contributed by atoms with Gasteiger partial charge in [-0.05, 0) is 43.9 Å². The summed E-state index contributed by atoms with van der Waals surface area (Å²) in [5.41, 5.74) is 4.99. The average Bonchev–Trinajstić information content (AvgIpc) is 3.08. The molecular formula is C21H26N4O2S. The first-order valence-electron chi connectivity index (χ1n) is 9.68. The Morgan fingerprint density at radius 1 is 1.36 bits per heavy atom. The van der Waals surface area contributed by atoms with Gasteiger partial charge in [-0.25, -0.2) is 9.99 Å². The number of carbonyl (C=O) groups excluding carboxylic acids is 1. The number of thiazole rings is 1. The highest BCUT2D eigenvalue weighted by atomic mass is 32.1. The maximum Gasteiger partial charge on any atom is 0.277 e. The normalized spacial score (nSPS) is 14.7. The van der Waals surface area contributed by atoms with E-state index in [4.69, 9.17) is 4.74 Å². The Labute approximate surface area is 170 Å². The smallest absolute Gasteiger partial charge is 0.277 e. The highest BCUT2D eigenvalue weighted by Gasteiger charge is 2.20. The second kappa shape index (κ2) is 9.18. The Morgan fingerprint density at radius 3 is 2.79 bits per heavy atom. The van der Waals surface area contributed by atoms with Crippen molar-refractivity contribution in [2.75, 3.05) is 19.7 Å². The Hall–Kier alpha value is -2.43. The van der Waals surface area contributed by atoms with E-state index in [1.54, 1.807) is 12.1 Å². The number of aryl methyl sites for hydroxylation is 1. The molecule has 1 fully saturated rings. The number of nitriles is 1. The molecule has 1 amide bonds. The van der Waals surface area contributed by atoms with Gasteiger partial charge in [0.25, 0.3) is 5.91 Å². The number of aromatic nitrogens is 1. The first-order valence-corrected chi connectivity index (χ1v) is 10.5. The van der Waals surface area contributed by atoms with Crippen LogP contribution in [-0.2, 0) is 0 Å². The summed E-state index contributed by atoms with van der Waals surface area (Å²) in [6.45, 7) is 8.31. The van der Waals surface area contributed by atoms with Gasteiger partial charge in [0.1, 0.15) is 21.7 Å². The number of hydrazine groups is 1. The van der Waals surface area contributed by atoms with Gasteiger partial charge >= 0.3 is 0 Å². The van der Waals surface area contributed by atoms with Gasteiger partial charge in [0.2, 0.25) is 0 Å². The fourth-order valence-corrected chi connectivity index (χ4v) is 4.02. The molecule has 3 rings (SSSR count). The molecule has 1 N–H and O–H groups in total. The molecule has 7 heteroatoms. The molecule has 148 valence electrons. The van der Waals surface area contributed by atoms with Crippen molar-refractivity contribution in [1.82, 2.24) is 15.4 Å². The number of rotatable bonds is 6. The van der Waals surface area contributed by atoms with Crippen LogP contribution in [0.5, 0.6) is 5.75 Å². The quantitative estimate of drug-likeness (QED) is 0.791. The molecule has 1 aliphatic heterocycles. The lowest BCUT2D eigenvalue weighted by Gasteiger charge is -2.26. The van der Waals surface area contributed by atoms with Crippen molar-refractivity contribution in [2.45, 2.75) is 40.0 Å². The predicted molar refractivity (Wildman–Crippen MR) is 110 cm³/mol. The van der Waals surface area contributed by atoms with Crippen LogP contribution < -0.4 is 10.2 Å². The molecular weight excluding hydrogens is 372 g/mol. The topological polar surface area (TPSA) is 78.2 Å². The second-order valence-electron chi connectivity index (χ2n) is 7.45. The molecule has 0 aliphatic carbocycles. The zero-order valence-corrected chi connectivity index (χ0v) is 17.4. The number of piperidine rings is 1. The third-order valence-electron chi connectivity index (χ3n) is 4.54. The third-order valence-corrected chi connectivity index (χ3v) is 5.74. The lowest BCUT2D eigenvalue weighted by Crippen LogP contribution is -2.44. The monoisotopic (exact) mass is 398 g/mol. The summed E-state index contributed by atoms with van der Waals surface area (Å²) in [7, 11) is 0. The number of ether oxygens (including phenoxy) is 1. The number of nitrogens with one attached hydrogen (secondary N) is 1. The van der Waals surface area contributed by atoms with E-state index < -0.39 is 0 Å². The molecule has 0 radical (unpaired) electrons. The van der Waals surface area contributed by atoms with Crippen molar-refractivity contribution in [3.63, 3.8) is 0 Å². The van der Waals surface area contributed by atoms with Crippen molar-refractivity contribution < 1.29 is 9.53 Å². The van der Waals surface area contributed by atoms with Gasteiger partial charge < -0.3 is 4.74 Å². The lowest BCUT2D eigenvalue weighted by molar-refractivity contribution is 0.0753. The van der Waals surface area contributed by atoms with Gasteiger partial charge in [0, 0.05) is 18.7 Å². The van der Waals surface area contributed by atoms with Crippen molar-refractivity contribution in [3.05, 3.63) is 34.3 Å². The molecule has 1 aromatic carbocycles. The molecule has 2 aromatic rings. The number of hydrogen-bond acceptors (Lipinski definition) is 6. The number of hydrogen-bond donors (Lipinski definition) is 1. The maximum absolute atomic E-state index is 12.6. The van der Waals surface area contributed by atoms with Gasteiger partial charge in [-0.15, -0.1) is 11.3 Å². The van der Waals surface area contributed by atoms with Crippen molar-refractivity contribution in [3.8, 4) is 22.4 Å². The van der Waals surface area contributed by atoms with Crippen LogP contribution >= 0.6 is 11.3 Å². The van der Waals surface area contributed by atoms with E-state index in [1.807, 2.05) is 18.0 Å². The second-order valence-corrected chi connectivity index (χ2v) is 8.45. The van der Waals surface area contributed by atoms with Gasteiger partial charge in [-0.1, -0.05) is 20.3 Å².